The van der Waals surface area contributed by atoms with E-state index in [-0.39, 0.29) is 4.47 Å². The number of hydrogen-bond donors (Lipinski definition) is 0. The van der Waals surface area contributed by atoms with Gasteiger partial charge in [0, 0.05) is 6.20 Å². The van der Waals surface area contributed by atoms with Crippen LogP contribution in [0.1, 0.15) is 11.3 Å². The van der Waals surface area contributed by atoms with Gasteiger partial charge in [0.15, 0.2) is 11.5 Å². The maximum Gasteiger partial charge on any atom is 0.434 e. The second-order valence-corrected chi connectivity index (χ2v) is 5.04. The van der Waals surface area contributed by atoms with E-state index in [0.717, 1.165) is 6.20 Å². The highest BCUT2D eigenvalue weighted by Crippen LogP contribution is 2.38. The van der Waals surface area contributed by atoms with Gasteiger partial charge in [-0.15, -0.1) is 0 Å². The second-order valence-electron chi connectivity index (χ2n) is 3.78. The molecule has 0 unspecified atom stereocenters. The van der Waals surface area contributed by atoms with Crippen molar-refractivity contribution in [2.45, 2.75) is 12.4 Å². The van der Waals surface area contributed by atoms with Crippen molar-refractivity contribution in [2.24, 2.45) is 0 Å². The Hall–Kier alpha value is -1.29. The molecule has 114 valence electrons. The van der Waals surface area contributed by atoms with Crippen LogP contribution in [0.25, 0.3) is 5.82 Å². The molecule has 0 bridgehead atoms. The van der Waals surface area contributed by atoms with Crippen LogP contribution in [-0.2, 0) is 12.4 Å². The predicted octanol–water partition coefficient (Wildman–Crippen LogP) is 4.72. The SMILES string of the molecule is FC(F)(F)c1cnc(-n2ncc(Br)c2C(F)(F)F)c(Cl)c1. The van der Waals surface area contributed by atoms with E-state index >= 15 is 0 Å². The molecular weight excluding hydrogens is 391 g/mol. The van der Waals surface area contributed by atoms with Crippen molar-refractivity contribution in [1.29, 1.82) is 0 Å². The van der Waals surface area contributed by atoms with Crippen molar-refractivity contribution in [1.82, 2.24) is 14.8 Å². The number of rotatable bonds is 1. The van der Waals surface area contributed by atoms with Crippen molar-refractivity contribution >= 4 is 27.5 Å². The summed E-state index contributed by atoms with van der Waals surface area (Å²) in [6.07, 6.45) is -8.26. The molecule has 3 nitrogen and oxygen atoms in total. The first-order chi connectivity index (χ1) is 9.51. The first-order valence-corrected chi connectivity index (χ1v) is 6.22. The average molecular weight is 394 g/mol. The van der Waals surface area contributed by atoms with Crippen molar-refractivity contribution in [2.75, 3.05) is 0 Å². The molecule has 0 aliphatic carbocycles. The lowest BCUT2D eigenvalue weighted by Crippen LogP contribution is -2.16. The predicted molar refractivity (Wildman–Crippen MR) is 64.1 cm³/mol. The van der Waals surface area contributed by atoms with E-state index in [4.69, 9.17) is 11.6 Å². The molecule has 0 spiro atoms. The molecule has 0 N–H and O–H groups in total. The molecule has 2 aromatic heterocycles. The van der Waals surface area contributed by atoms with Gasteiger partial charge in [-0.1, -0.05) is 11.6 Å². The third kappa shape index (κ3) is 3.15. The first kappa shape index (κ1) is 16.1. The molecule has 0 radical (unpaired) electrons. The Morgan fingerprint density at radius 2 is 1.67 bits per heavy atom. The molecule has 21 heavy (non-hydrogen) atoms. The van der Waals surface area contributed by atoms with Crippen LogP contribution in [0.2, 0.25) is 5.02 Å². The minimum absolute atomic E-state index is 0.326. The van der Waals surface area contributed by atoms with Crippen LogP contribution in [0, 0.1) is 0 Å². The highest BCUT2D eigenvalue weighted by Gasteiger charge is 2.39. The zero-order valence-electron chi connectivity index (χ0n) is 9.60. The lowest BCUT2D eigenvalue weighted by Gasteiger charge is -2.13. The molecule has 0 saturated carbocycles. The van der Waals surface area contributed by atoms with Gasteiger partial charge >= 0.3 is 12.4 Å². The molecule has 0 aliphatic heterocycles. The number of aromatic nitrogens is 3. The van der Waals surface area contributed by atoms with Gasteiger partial charge in [-0.2, -0.15) is 31.4 Å². The van der Waals surface area contributed by atoms with Crippen molar-refractivity contribution in [3.63, 3.8) is 0 Å². The number of hydrogen-bond acceptors (Lipinski definition) is 2. The summed E-state index contributed by atoms with van der Waals surface area (Å²) in [5, 5.41) is 2.82. The Morgan fingerprint density at radius 1 is 1.05 bits per heavy atom. The molecule has 2 heterocycles. The van der Waals surface area contributed by atoms with E-state index < -0.39 is 34.5 Å². The van der Waals surface area contributed by atoms with Crippen molar-refractivity contribution in [3.8, 4) is 5.82 Å². The van der Waals surface area contributed by atoms with Crippen LogP contribution in [0.15, 0.2) is 22.9 Å². The summed E-state index contributed by atoms with van der Waals surface area (Å²) in [6.45, 7) is 0. The van der Waals surface area contributed by atoms with Crippen LogP contribution in [0.4, 0.5) is 26.3 Å². The normalized spacial score (nSPS) is 12.8. The first-order valence-electron chi connectivity index (χ1n) is 5.05. The summed E-state index contributed by atoms with van der Waals surface area (Å²) in [4.78, 5) is 3.33. The van der Waals surface area contributed by atoms with Gasteiger partial charge in [0.25, 0.3) is 0 Å². The topological polar surface area (TPSA) is 30.7 Å². The summed E-state index contributed by atoms with van der Waals surface area (Å²) in [7, 11) is 0. The summed E-state index contributed by atoms with van der Waals surface area (Å²) in [5.74, 6) is -0.553. The van der Waals surface area contributed by atoms with E-state index in [0.29, 0.717) is 16.9 Å². The van der Waals surface area contributed by atoms with Gasteiger partial charge in [0.2, 0.25) is 0 Å². The van der Waals surface area contributed by atoms with E-state index in [1.165, 1.54) is 0 Å². The van der Waals surface area contributed by atoms with E-state index in [1.807, 2.05) is 0 Å². The molecule has 2 aromatic rings. The molecular formula is C10H3BrClF6N3. The molecule has 0 fully saturated rings. The van der Waals surface area contributed by atoms with Gasteiger partial charge in [-0.3, -0.25) is 0 Å². The fourth-order valence-corrected chi connectivity index (χ4v) is 2.22. The van der Waals surface area contributed by atoms with Gasteiger partial charge in [-0.25, -0.2) is 9.67 Å². The smallest absolute Gasteiger partial charge is 0.235 e. The number of pyridine rings is 1. The van der Waals surface area contributed by atoms with Crippen LogP contribution in [0.3, 0.4) is 0 Å². The lowest BCUT2D eigenvalue weighted by atomic mass is 10.2. The second kappa shape index (κ2) is 5.16. The lowest BCUT2D eigenvalue weighted by molar-refractivity contribution is -0.143. The third-order valence-corrected chi connectivity index (χ3v) is 3.20. The molecule has 0 aromatic carbocycles. The quantitative estimate of drug-likeness (QED) is 0.655. The molecule has 11 heteroatoms. The molecule has 0 amide bonds. The number of halogens is 8. The minimum Gasteiger partial charge on any atom is -0.235 e. The largest absolute Gasteiger partial charge is 0.434 e. The zero-order valence-corrected chi connectivity index (χ0v) is 11.9. The van der Waals surface area contributed by atoms with E-state index in [2.05, 4.69) is 26.0 Å². The molecule has 2 rings (SSSR count). The Kier molecular flexibility index (Phi) is 3.96. The maximum absolute atomic E-state index is 12.9. The summed E-state index contributed by atoms with van der Waals surface area (Å²) in [5.41, 5.74) is -2.40. The fraction of sp³-hybridized carbons (Fsp3) is 0.200. The van der Waals surface area contributed by atoms with Gasteiger partial charge in [-0.05, 0) is 22.0 Å². The monoisotopic (exact) mass is 393 g/mol. The molecule has 0 saturated heterocycles. The van der Waals surface area contributed by atoms with E-state index in [1.54, 1.807) is 0 Å². The zero-order chi connectivity index (χ0) is 16.0. The fourth-order valence-electron chi connectivity index (χ4n) is 1.49. The Labute approximate surface area is 126 Å². The van der Waals surface area contributed by atoms with Crippen LogP contribution < -0.4 is 0 Å². The summed E-state index contributed by atoms with van der Waals surface area (Å²) in [6, 6.07) is 0.486. The average Bonchev–Trinajstić information content (AvgIpc) is 2.69. The Morgan fingerprint density at radius 3 is 2.14 bits per heavy atom. The van der Waals surface area contributed by atoms with Gasteiger partial charge in [0.05, 0.1) is 21.3 Å². The summed E-state index contributed by atoms with van der Waals surface area (Å²) >= 11 is 8.26. The van der Waals surface area contributed by atoms with Crippen LogP contribution in [-0.4, -0.2) is 14.8 Å². The highest BCUT2D eigenvalue weighted by atomic mass is 79.9. The van der Waals surface area contributed by atoms with Crippen molar-refractivity contribution in [3.05, 3.63) is 39.2 Å². The maximum atomic E-state index is 12.9. The molecule has 0 atom stereocenters. The Balaban J connectivity index is 2.60. The van der Waals surface area contributed by atoms with Gasteiger partial charge in [0.1, 0.15) is 0 Å². The Bertz CT molecular complexity index is 678. The standard InChI is InChI=1S/C10H3BrClF6N3/c11-5-3-20-21(7(5)10(16,17)18)8-6(12)1-4(2-19-8)9(13,14)15/h1-3H. The van der Waals surface area contributed by atoms with Gasteiger partial charge < -0.3 is 0 Å². The van der Waals surface area contributed by atoms with Crippen molar-refractivity contribution < 1.29 is 26.3 Å². The number of nitrogens with zero attached hydrogens (tertiary/aromatic N) is 3. The van der Waals surface area contributed by atoms with Crippen LogP contribution >= 0.6 is 27.5 Å². The highest BCUT2D eigenvalue weighted by molar-refractivity contribution is 9.10. The summed E-state index contributed by atoms with van der Waals surface area (Å²) < 4.78 is 76.0. The van der Waals surface area contributed by atoms with E-state index in [9.17, 15) is 26.3 Å². The van der Waals surface area contributed by atoms with Crippen LogP contribution in [0.5, 0.6) is 0 Å². The molecule has 0 aliphatic rings. The minimum atomic E-state index is -4.79. The third-order valence-electron chi connectivity index (χ3n) is 2.34. The number of alkyl halides is 6.